The molecule has 3 aromatic rings. The van der Waals surface area contributed by atoms with Gasteiger partial charge in [0.15, 0.2) is 5.03 Å². The fourth-order valence-electron chi connectivity index (χ4n) is 5.22. The maximum Gasteiger partial charge on any atom is 0.418 e. The van der Waals surface area contributed by atoms with E-state index in [1.165, 1.54) is 6.07 Å². The zero-order valence-electron chi connectivity index (χ0n) is 20.7. The molecule has 37 heavy (non-hydrogen) atoms. The van der Waals surface area contributed by atoms with Crippen LogP contribution in [0.25, 0.3) is 11.3 Å². The molecule has 0 bridgehead atoms. The number of pyridine rings is 2. The van der Waals surface area contributed by atoms with E-state index in [1.807, 2.05) is 12.1 Å². The smallest absolute Gasteiger partial charge is 0.356 e. The molecule has 5 rings (SSSR count). The van der Waals surface area contributed by atoms with Crippen molar-refractivity contribution in [2.45, 2.75) is 61.9 Å². The molecule has 1 aliphatic heterocycles. The second-order valence-electron chi connectivity index (χ2n) is 10.2. The molecule has 0 radical (unpaired) electrons. The highest BCUT2D eigenvalue weighted by molar-refractivity contribution is 7.90. The number of nitrogens with zero attached hydrogens (tertiary/aromatic N) is 3. The Morgan fingerprint density at radius 3 is 2.43 bits per heavy atom. The fourth-order valence-corrected chi connectivity index (χ4v) is 6.44. The molecule has 3 heterocycles. The van der Waals surface area contributed by atoms with Crippen molar-refractivity contribution < 1.29 is 21.6 Å². The summed E-state index contributed by atoms with van der Waals surface area (Å²) in [5.74, 6) is 0.753. The van der Waals surface area contributed by atoms with Crippen molar-refractivity contribution in [2.75, 3.05) is 18.0 Å². The van der Waals surface area contributed by atoms with Crippen LogP contribution in [0.1, 0.15) is 61.8 Å². The maximum absolute atomic E-state index is 14.0. The van der Waals surface area contributed by atoms with Crippen LogP contribution in [0.5, 0.6) is 0 Å². The van der Waals surface area contributed by atoms with Gasteiger partial charge in [0, 0.05) is 18.7 Å². The molecule has 5 nitrogen and oxygen atoms in total. The number of hydrogen-bond donors (Lipinski definition) is 0. The number of hydrogen-bond acceptors (Lipinski definition) is 5. The van der Waals surface area contributed by atoms with Crippen molar-refractivity contribution in [3.63, 3.8) is 0 Å². The van der Waals surface area contributed by atoms with Crippen molar-refractivity contribution >= 4 is 15.7 Å². The van der Waals surface area contributed by atoms with Crippen LogP contribution in [0.4, 0.5) is 19.0 Å². The van der Waals surface area contributed by atoms with Gasteiger partial charge in [-0.15, -0.1) is 0 Å². The SMILES string of the molecule is C[C@H]1CCCN(c2cccc(S(=O)(=O)Cc3ccc(C(F)(F)F)c(-c4ccccc4C4CCC4)n3)n2)C1. The van der Waals surface area contributed by atoms with Crippen LogP contribution in [-0.4, -0.2) is 31.5 Å². The van der Waals surface area contributed by atoms with Crippen molar-refractivity contribution in [2.24, 2.45) is 5.92 Å². The van der Waals surface area contributed by atoms with Gasteiger partial charge < -0.3 is 4.90 Å². The summed E-state index contributed by atoms with van der Waals surface area (Å²) in [6.07, 6.45) is 0.405. The third-order valence-electron chi connectivity index (χ3n) is 7.37. The molecule has 1 atom stereocenters. The van der Waals surface area contributed by atoms with E-state index in [-0.39, 0.29) is 22.3 Å². The summed E-state index contributed by atoms with van der Waals surface area (Å²) in [5, 5.41) is -0.0960. The van der Waals surface area contributed by atoms with Crippen molar-refractivity contribution in [3.05, 3.63) is 71.4 Å². The number of sulfone groups is 1. The van der Waals surface area contributed by atoms with E-state index in [2.05, 4.69) is 21.8 Å². The Morgan fingerprint density at radius 2 is 1.73 bits per heavy atom. The highest BCUT2D eigenvalue weighted by atomic mass is 32.2. The van der Waals surface area contributed by atoms with E-state index >= 15 is 0 Å². The van der Waals surface area contributed by atoms with Crippen molar-refractivity contribution in [1.82, 2.24) is 9.97 Å². The Balaban J connectivity index is 1.49. The molecule has 1 aromatic carbocycles. The van der Waals surface area contributed by atoms with Crippen molar-refractivity contribution in [1.29, 1.82) is 0 Å². The number of alkyl halides is 3. The molecular weight excluding hydrogens is 499 g/mol. The normalized spacial score (nSPS) is 19.0. The van der Waals surface area contributed by atoms with Crippen LogP contribution in [0.2, 0.25) is 0 Å². The van der Waals surface area contributed by atoms with Gasteiger partial charge in [0.2, 0.25) is 9.84 Å². The summed E-state index contributed by atoms with van der Waals surface area (Å²) in [4.78, 5) is 10.8. The predicted octanol–water partition coefficient (Wildman–Crippen LogP) is 6.64. The molecule has 2 fully saturated rings. The highest BCUT2D eigenvalue weighted by Crippen LogP contribution is 2.44. The molecule has 1 saturated heterocycles. The number of piperidine rings is 1. The van der Waals surface area contributed by atoms with E-state index in [0.29, 0.717) is 17.3 Å². The first-order valence-corrected chi connectivity index (χ1v) is 14.4. The molecular formula is C28H30F3N3O2S. The minimum Gasteiger partial charge on any atom is -0.356 e. The Hall–Kier alpha value is -2.94. The molecule has 0 N–H and O–H groups in total. The summed E-state index contributed by atoms with van der Waals surface area (Å²) < 4.78 is 68.6. The van der Waals surface area contributed by atoms with E-state index in [0.717, 1.165) is 62.9 Å². The Kier molecular flexibility index (Phi) is 7.00. The first-order chi connectivity index (χ1) is 17.6. The lowest BCUT2D eigenvalue weighted by Crippen LogP contribution is -2.35. The number of anilines is 1. The first kappa shape index (κ1) is 25.7. The van der Waals surface area contributed by atoms with E-state index < -0.39 is 27.3 Å². The van der Waals surface area contributed by atoms with Gasteiger partial charge in [-0.05, 0) is 67.3 Å². The minimum atomic E-state index is -4.62. The average Bonchev–Trinajstić information content (AvgIpc) is 2.82. The van der Waals surface area contributed by atoms with Crippen LogP contribution in [0.15, 0.2) is 59.6 Å². The Bertz CT molecular complexity index is 1390. The number of benzene rings is 1. The van der Waals surface area contributed by atoms with Crippen LogP contribution in [0.3, 0.4) is 0 Å². The molecule has 0 unspecified atom stereocenters. The molecule has 2 aliphatic rings. The first-order valence-electron chi connectivity index (χ1n) is 12.7. The molecule has 1 aliphatic carbocycles. The topological polar surface area (TPSA) is 63.2 Å². The molecule has 0 spiro atoms. The molecule has 2 aromatic heterocycles. The quantitative estimate of drug-likeness (QED) is 0.358. The average molecular weight is 530 g/mol. The van der Waals surface area contributed by atoms with Gasteiger partial charge in [-0.25, -0.2) is 13.4 Å². The molecule has 1 saturated carbocycles. The van der Waals surface area contributed by atoms with Gasteiger partial charge in [-0.1, -0.05) is 43.7 Å². The highest BCUT2D eigenvalue weighted by Gasteiger charge is 2.36. The van der Waals surface area contributed by atoms with Gasteiger partial charge in [-0.3, -0.25) is 4.98 Å². The molecule has 9 heteroatoms. The summed E-state index contributed by atoms with van der Waals surface area (Å²) in [7, 11) is -3.94. The minimum absolute atomic E-state index is 0.0604. The predicted molar refractivity (Wildman–Crippen MR) is 137 cm³/mol. The van der Waals surface area contributed by atoms with Gasteiger partial charge in [0.25, 0.3) is 0 Å². The largest absolute Gasteiger partial charge is 0.418 e. The molecule has 196 valence electrons. The Morgan fingerprint density at radius 1 is 0.946 bits per heavy atom. The zero-order valence-corrected chi connectivity index (χ0v) is 21.5. The number of halogens is 3. The standard InChI is InChI=1S/C28H30F3N3O2S/c1-19-7-6-16-34(17-19)25-12-5-13-26(33-25)37(35,36)18-21-14-15-24(28(29,30)31)27(32-21)23-11-3-2-10-22(23)20-8-4-9-20/h2-3,5,10-15,19-20H,4,6-9,16-18H2,1H3/t19-/m0/s1. The van der Waals surface area contributed by atoms with Crippen LogP contribution < -0.4 is 4.90 Å². The molecule has 0 amide bonds. The van der Waals surface area contributed by atoms with Gasteiger partial charge in [-0.2, -0.15) is 13.2 Å². The lowest BCUT2D eigenvalue weighted by molar-refractivity contribution is -0.137. The summed E-state index contributed by atoms with van der Waals surface area (Å²) in [5.41, 5.74) is 0.228. The Labute approximate surface area is 215 Å². The lowest BCUT2D eigenvalue weighted by atomic mass is 9.77. The van der Waals surface area contributed by atoms with Crippen LogP contribution >= 0.6 is 0 Å². The maximum atomic E-state index is 14.0. The fraction of sp³-hybridized carbons (Fsp3) is 0.429. The number of rotatable bonds is 6. The second kappa shape index (κ2) is 10.1. The number of aromatic nitrogens is 2. The summed E-state index contributed by atoms with van der Waals surface area (Å²) in [6, 6.07) is 14.0. The third-order valence-corrected chi connectivity index (χ3v) is 8.91. The van der Waals surface area contributed by atoms with E-state index in [9.17, 15) is 21.6 Å². The van der Waals surface area contributed by atoms with Crippen molar-refractivity contribution in [3.8, 4) is 11.3 Å². The van der Waals surface area contributed by atoms with Crippen LogP contribution in [-0.2, 0) is 21.8 Å². The summed E-state index contributed by atoms with van der Waals surface area (Å²) >= 11 is 0. The van der Waals surface area contributed by atoms with Gasteiger partial charge in [0.05, 0.1) is 22.7 Å². The van der Waals surface area contributed by atoms with E-state index in [1.54, 1.807) is 24.3 Å². The second-order valence-corrected chi connectivity index (χ2v) is 12.1. The van der Waals surface area contributed by atoms with Gasteiger partial charge >= 0.3 is 6.18 Å². The summed E-state index contributed by atoms with van der Waals surface area (Å²) in [6.45, 7) is 3.77. The van der Waals surface area contributed by atoms with Gasteiger partial charge in [0.1, 0.15) is 5.82 Å². The zero-order chi connectivity index (χ0) is 26.2. The van der Waals surface area contributed by atoms with Crippen LogP contribution in [0, 0.1) is 5.92 Å². The lowest BCUT2D eigenvalue weighted by Gasteiger charge is -2.32. The monoisotopic (exact) mass is 529 g/mol. The van der Waals surface area contributed by atoms with E-state index in [4.69, 9.17) is 0 Å². The third kappa shape index (κ3) is 5.51.